The van der Waals surface area contributed by atoms with Crippen molar-refractivity contribution in [3.8, 4) is 33.4 Å². The van der Waals surface area contributed by atoms with Crippen LogP contribution in [0, 0.1) is 0 Å². The first-order valence-corrected chi connectivity index (χ1v) is 17.9. The van der Waals surface area contributed by atoms with Crippen molar-refractivity contribution >= 4 is 85.8 Å². The number of rotatable bonds is 3. The lowest BCUT2D eigenvalue weighted by Crippen LogP contribution is -1.91. The van der Waals surface area contributed by atoms with E-state index in [-0.39, 0.29) is 0 Å². The van der Waals surface area contributed by atoms with E-state index in [1.165, 1.54) is 96.6 Å². The molecule has 0 unspecified atom stereocenters. The summed E-state index contributed by atoms with van der Waals surface area (Å²) in [5.41, 5.74) is 9.38. The van der Waals surface area contributed by atoms with Crippen LogP contribution in [0.5, 0.6) is 0 Å². The fraction of sp³-hybridized carbons (Fsp3) is 0. The summed E-state index contributed by atoms with van der Waals surface area (Å²) in [5, 5.41) is 12.5. The summed E-state index contributed by atoms with van der Waals surface area (Å²) in [6.45, 7) is 0. The molecule has 2 heteroatoms. The summed E-state index contributed by atoms with van der Waals surface area (Å²) in [6, 6.07) is 61.8. The molecule has 0 aliphatic carbocycles. The lowest BCUT2D eigenvalue weighted by atomic mass is 9.85. The number of hydrogen-bond donors (Lipinski definition) is 0. The topological polar surface area (TPSA) is 13.1 Å². The zero-order chi connectivity index (χ0) is 32.8. The smallest absolute Gasteiger partial charge is 0.153 e. The molecule has 11 rings (SSSR count). The van der Waals surface area contributed by atoms with Gasteiger partial charge in [-0.3, -0.25) is 0 Å². The molecule has 0 radical (unpaired) electrons. The average molecular weight is 653 g/mol. The number of furan rings is 1. The van der Waals surface area contributed by atoms with E-state index in [9.17, 15) is 0 Å². The maximum absolute atomic E-state index is 6.63. The maximum atomic E-state index is 6.63. The Kier molecular flexibility index (Phi) is 5.89. The quantitative estimate of drug-likeness (QED) is 0.173. The molecule has 9 aromatic carbocycles. The van der Waals surface area contributed by atoms with Crippen molar-refractivity contribution in [2.75, 3.05) is 0 Å². The number of para-hydroxylation sites is 1. The molecule has 0 amide bonds. The summed E-state index contributed by atoms with van der Waals surface area (Å²) in [7, 11) is 0. The van der Waals surface area contributed by atoms with Crippen molar-refractivity contribution < 1.29 is 4.42 Å². The first-order chi connectivity index (χ1) is 24.8. The average Bonchev–Trinajstić information content (AvgIpc) is 3.77. The van der Waals surface area contributed by atoms with Crippen molar-refractivity contribution in [1.29, 1.82) is 0 Å². The third-order valence-corrected chi connectivity index (χ3v) is 11.6. The highest BCUT2D eigenvalue weighted by Crippen LogP contribution is 2.49. The Hall–Kier alpha value is -6.22. The summed E-state index contributed by atoms with van der Waals surface area (Å²) >= 11 is 1.84. The first kappa shape index (κ1) is 27.7. The van der Waals surface area contributed by atoms with Crippen LogP contribution in [0.1, 0.15) is 0 Å². The van der Waals surface area contributed by atoms with Gasteiger partial charge in [0.2, 0.25) is 0 Å². The zero-order valence-electron chi connectivity index (χ0n) is 27.0. The Morgan fingerprint density at radius 1 is 0.340 bits per heavy atom. The lowest BCUT2D eigenvalue weighted by molar-refractivity contribution is 0.673. The highest BCUT2D eigenvalue weighted by molar-refractivity contribution is 7.26. The minimum absolute atomic E-state index is 0.936. The van der Waals surface area contributed by atoms with Crippen LogP contribution in [0.15, 0.2) is 174 Å². The summed E-state index contributed by atoms with van der Waals surface area (Å²) in [4.78, 5) is 0. The van der Waals surface area contributed by atoms with Crippen LogP contribution in [0.25, 0.3) is 108 Å². The third-order valence-electron chi connectivity index (χ3n) is 10.5. The zero-order valence-corrected chi connectivity index (χ0v) is 27.8. The van der Waals surface area contributed by atoms with E-state index >= 15 is 0 Å². The minimum atomic E-state index is 0.936. The first-order valence-electron chi connectivity index (χ1n) is 17.1. The Morgan fingerprint density at radius 3 is 1.48 bits per heavy atom. The third kappa shape index (κ3) is 3.94. The summed E-state index contributed by atoms with van der Waals surface area (Å²) in [5.74, 6) is 0. The van der Waals surface area contributed by atoms with Gasteiger partial charge in [-0.2, -0.15) is 0 Å². The minimum Gasteiger partial charge on any atom is -0.455 e. The van der Waals surface area contributed by atoms with Gasteiger partial charge in [-0.25, -0.2) is 0 Å². The normalized spacial score (nSPS) is 12.0. The van der Waals surface area contributed by atoms with E-state index in [0.29, 0.717) is 0 Å². The van der Waals surface area contributed by atoms with Gasteiger partial charge in [0, 0.05) is 26.2 Å². The predicted molar refractivity (Wildman–Crippen MR) is 215 cm³/mol. The molecule has 232 valence electrons. The molecule has 0 aliphatic heterocycles. The second-order valence-electron chi connectivity index (χ2n) is 13.1. The highest BCUT2D eigenvalue weighted by atomic mass is 32.1. The Bertz CT molecular complexity index is 3070. The van der Waals surface area contributed by atoms with Gasteiger partial charge < -0.3 is 4.42 Å². The second kappa shape index (κ2) is 10.6. The molecule has 0 bridgehead atoms. The molecule has 0 aliphatic rings. The molecular weight excluding hydrogens is 625 g/mol. The van der Waals surface area contributed by atoms with Crippen LogP contribution >= 0.6 is 11.3 Å². The van der Waals surface area contributed by atoms with Gasteiger partial charge in [-0.15, -0.1) is 11.3 Å². The van der Waals surface area contributed by atoms with Crippen LogP contribution in [0.4, 0.5) is 0 Å². The second-order valence-corrected chi connectivity index (χ2v) is 14.2. The van der Waals surface area contributed by atoms with E-state index in [1.807, 2.05) is 11.3 Å². The van der Waals surface area contributed by atoms with E-state index in [4.69, 9.17) is 4.42 Å². The van der Waals surface area contributed by atoms with Crippen LogP contribution in [-0.4, -0.2) is 0 Å². The van der Waals surface area contributed by atoms with Gasteiger partial charge in [0.1, 0.15) is 5.58 Å². The molecule has 1 nitrogen and oxygen atoms in total. The van der Waals surface area contributed by atoms with Crippen LogP contribution in [0.3, 0.4) is 0 Å². The maximum Gasteiger partial charge on any atom is 0.153 e. The van der Waals surface area contributed by atoms with Gasteiger partial charge in [-0.1, -0.05) is 152 Å². The molecule has 0 fully saturated rings. The lowest BCUT2D eigenvalue weighted by Gasteiger charge is -2.18. The molecule has 0 spiro atoms. The monoisotopic (exact) mass is 652 g/mol. The van der Waals surface area contributed by atoms with Gasteiger partial charge in [0.25, 0.3) is 0 Å². The Labute approximate surface area is 292 Å². The summed E-state index contributed by atoms with van der Waals surface area (Å²) < 4.78 is 9.11. The molecule has 2 aromatic heterocycles. The Morgan fingerprint density at radius 2 is 0.820 bits per heavy atom. The molecule has 0 atom stereocenters. The fourth-order valence-electron chi connectivity index (χ4n) is 8.28. The molecule has 0 saturated carbocycles. The van der Waals surface area contributed by atoms with Gasteiger partial charge in [-0.05, 0) is 83.9 Å². The largest absolute Gasteiger partial charge is 0.455 e. The van der Waals surface area contributed by atoms with Crippen molar-refractivity contribution in [3.05, 3.63) is 170 Å². The predicted octanol–water partition coefficient (Wildman–Crippen LogP) is 14.4. The number of benzene rings is 9. The SMILES string of the molecule is c1ccc(-c2ccc(-c3c4ccccc4c(-c4ccc5sc6c7oc8ccccc8c7c7ccccc7c6c5c4)c4ccccc34)cc2)cc1. The van der Waals surface area contributed by atoms with E-state index < -0.39 is 0 Å². The number of thiophene rings is 1. The van der Waals surface area contributed by atoms with Crippen molar-refractivity contribution in [2.24, 2.45) is 0 Å². The molecule has 0 N–H and O–H groups in total. The van der Waals surface area contributed by atoms with Crippen LogP contribution in [0.2, 0.25) is 0 Å². The standard InChI is InChI=1S/C48H28OS/c1-2-12-29(13-3-1)30-22-24-31(25-23-30)43-33-14-4-6-16-35(33)44(36-17-7-5-15-34(36)43)32-26-27-42-40(28-32)46-38-19-9-8-18-37(38)45-39-20-10-11-21-41(39)49-47(45)48(46)50-42/h1-28H. The molecule has 0 saturated heterocycles. The Balaban J connectivity index is 1.19. The molecular formula is C48H28OS. The number of hydrogen-bond acceptors (Lipinski definition) is 2. The molecule has 2 heterocycles. The van der Waals surface area contributed by atoms with E-state index in [2.05, 4.69) is 170 Å². The van der Waals surface area contributed by atoms with Crippen molar-refractivity contribution in [1.82, 2.24) is 0 Å². The van der Waals surface area contributed by atoms with Gasteiger partial charge in [0.05, 0.1) is 4.70 Å². The number of fused-ring (bicyclic) bond motifs is 12. The van der Waals surface area contributed by atoms with Gasteiger partial charge >= 0.3 is 0 Å². The van der Waals surface area contributed by atoms with Crippen LogP contribution < -0.4 is 0 Å². The molecule has 11 aromatic rings. The van der Waals surface area contributed by atoms with Gasteiger partial charge in [0.15, 0.2) is 5.58 Å². The van der Waals surface area contributed by atoms with Crippen molar-refractivity contribution in [2.45, 2.75) is 0 Å². The fourth-order valence-corrected chi connectivity index (χ4v) is 9.47. The van der Waals surface area contributed by atoms with E-state index in [1.54, 1.807) is 0 Å². The van der Waals surface area contributed by atoms with Crippen LogP contribution in [-0.2, 0) is 0 Å². The van der Waals surface area contributed by atoms with E-state index in [0.717, 1.165) is 11.2 Å². The highest BCUT2D eigenvalue weighted by Gasteiger charge is 2.21. The summed E-state index contributed by atoms with van der Waals surface area (Å²) in [6.07, 6.45) is 0. The van der Waals surface area contributed by atoms with Crippen molar-refractivity contribution in [3.63, 3.8) is 0 Å². The molecule has 50 heavy (non-hydrogen) atoms.